The molecular formula is C15H17N7O. The molecule has 0 aromatic carbocycles. The minimum Gasteiger partial charge on any atom is -0.340 e. The van der Waals surface area contributed by atoms with E-state index in [1.807, 2.05) is 6.07 Å². The number of nitrogens with zero attached hydrogens (tertiary/aromatic N) is 6. The van der Waals surface area contributed by atoms with Crippen LogP contribution in [0.15, 0.2) is 4.79 Å². The third kappa shape index (κ3) is 2.54. The summed E-state index contributed by atoms with van der Waals surface area (Å²) >= 11 is 0. The molecule has 0 saturated carbocycles. The van der Waals surface area contributed by atoms with Gasteiger partial charge in [0.15, 0.2) is 5.69 Å². The number of hydrogen-bond acceptors (Lipinski definition) is 6. The maximum Gasteiger partial charge on any atom is 0.292 e. The standard InChI is InChI=1S/C15H17N7O/c1-3-4-7-22-13-12(11(10-16)19-20(2)14(13)23)18-15(22)21-8-5-17-6-9-21/h17H,5-9H2,1-2H3. The number of piperazine rings is 1. The fourth-order valence-corrected chi connectivity index (χ4v) is 2.71. The number of hydrogen-bond donors (Lipinski definition) is 1. The second-order valence-corrected chi connectivity index (χ2v) is 5.25. The molecule has 23 heavy (non-hydrogen) atoms. The van der Waals surface area contributed by atoms with Crippen molar-refractivity contribution in [1.29, 1.82) is 5.26 Å². The first-order valence-corrected chi connectivity index (χ1v) is 7.40. The van der Waals surface area contributed by atoms with Crippen LogP contribution in [0.1, 0.15) is 12.6 Å². The first kappa shape index (κ1) is 15.1. The molecule has 0 aliphatic carbocycles. The van der Waals surface area contributed by atoms with Crippen LogP contribution in [0.3, 0.4) is 0 Å². The zero-order valence-electron chi connectivity index (χ0n) is 13.1. The van der Waals surface area contributed by atoms with E-state index in [0.717, 1.165) is 26.2 Å². The van der Waals surface area contributed by atoms with Crippen LogP contribution < -0.4 is 15.8 Å². The Balaban J connectivity index is 2.30. The molecule has 2 aromatic rings. The molecule has 0 amide bonds. The van der Waals surface area contributed by atoms with Gasteiger partial charge in [0.2, 0.25) is 5.95 Å². The van der Waals surface area contributed by atoms with Crippen molar-refractivity contribution >= 4 is 17.0 Å². The van der Waals surface area contributed by atoms with Gasteiger partial charge < -0.3 is 10.2 Å². The first-order chi connectivity index (χ1) is 11.2. The highest BCUT2D eigenvalue weighted by Gasteiger charge is 2.23. The van der Waals surface area contributed by atoms with Crippen molar-refractivity contribution in [1.82, 2.24) is 24.6 Å². The predicted molar refractivity (Wildman–Crippen MR) is 86.0 cm³/mol. The topological polar surface area (TPSA) is 91.8 Å². The van der Waals surface area contributed by atoms with Gasteiger partial charge in [-0.3, -0.25) is 9.36 Å². The van der Waals surface area contributed by atoms with Gasteiger partial charge in [-0.1, -0.05) is 5.92 Å². The molecule has 1 fully saturated rings. The molecule has 0 radical (unpaired) electrons. The average molecular weight is 311 g/mol. The molecule has 3 rings (SSSR count). The Morgan fingerprint density at radius 3 is 2.74 bits per heavy atom. The van der Waals surface area contributed by atoms with Crippen molar-refractivity contribution in [3.63, 3.8) is 0 Å². The van der Waals surface area contributed by atoms with Gasteiger partial charge >= 0.3 is 0 Å². The van der Waals surface area contributed by atoms with E-state index in [1.54, 1.807) is 11.5 Å². The molecule has 2 aromatic heterocycles. The van der Waals surface area contributed by atoms with E-state index >= 15 is 0 Å². The van der Waals surface area contributed by atoms with Gasteiger partial charge in [0.05, 0.1) is 6.54 Å². The van der Waals surface area contributed by atoms with E-state index in [9.17, 15) is 10.1 Å². The maximum absolute atomic E-state index is 12.5. The van der Waals surface area contributed by atoms with Gasteiger partial charge in [0, 0.05) is 33.2 Å². The van der Waals surface area contributed by atoms with Crippen molar-refractivity contribution < 1.29 is 0 Å². The molecule has 3 heterocycles. The Hall–Kier alpha value is -2.84. The van der Waals surface area contributed by atoms with E-state index in [-0.39, 0.29) is 11.3 Å². The Bertz CT molecular complexity index is 900. The van der Waals surface area contributed by atoms with E-state index in [4.69, 9.17) is 0 Å². The first-order valence-electron chi connectivity index (χ1n) is 7.40. The zero-order valence-corrected chi connectivity index (χ0v) is 13.1. The molecule has 0 bridgehead atoms. The SMILES string of the molecule is CC#CCn1c(N2CCNCC2)nc2c(C#N)nn(C)c(=O)c21. The molecule has 1 aliphatic heterocycles. The van der Waals surface area contributed by atoms with Crippen LogP contribution in [0, 0.1) is 23.2 Å². The van der Waals surface area contributed by atoms with Gasteiger partial charge in [0.1, 0.15) is 17.1 Å². The van der Waals surface area contributed by atoms with Crippen LogP contribution in [0.2, 0.25) is 0 Å². The molecule has 1 aliphatic rings. The maximum atomic E-state index is 12.5. The number of nitriles is 1. The third-order valence-corrected chi connectivity index (χ3v) is 3.84. The normalized spacial score (nSPS) is 14.4. The van der Waals surface area contributed by atoms with Crippen molar-refractivity contribution in [3.8, 4) is 17.9 Å². The molecule has 1 N–H and O–H groups in total. The zero-order chi connectivity index (χ0) is 16.4. The largest absolute Gasteiger partial charge is 0.340 e. The van der Waals surface area contributed by atoms with Crippen LogP contribution >= 0.6 is 0 Å². The number of rotatable bonds is 2. The highest BCUT2D eigenvalue weighted by molar-refractivity contribution is 5.82. The highest BCUT2D eigenvalue weighted by atomic mass is 16.1. The second kappa shape index (κ2) is 6.11. The van der Waals surface area contributed by atoms with Crippen LogP contribution in [-0.4, -0.2) is 45.5 Å². The third-order valence-electron chi connectivity index (χ3n) is 3.84. The Morgan fingerprint density at radius 2 is 2.09 bits per heavy atom. The van der Waals surface area contributed by atoms with Crippen molar-refractivity contribution in [2.75, 3.05) is 31.1 Å². The minimum absolute atomic E-state index is 0.154. The number of nitrogens with one attached hydrogen (secondary N) is 1. The minimum atomic E-state index is -0.272. The average Bonchev–Trinajstić information content (AvgIpc) is 2.96. The van der Waals surface area contributed by atoms with Gasteiger partial charge in [-0.25, -0.2) is 9.67 Å². The number of anilines is 1. The molecule has 0 atom stereocenters. The summed E-state index contributed by atoms with van der Waals surface area (Å²) < 4.78 is 2.97. The van der Waals surface area contributed by atoms with Crippen molar-refractivity contribution in [2.45, 2.75) is 13.5 Å². The number of aromatic nitrogens is 4. The number of imidazole rings is 1. The van der Waals surface area contributed by atoms with Gasteiger partial charge in [-0.2, -0.15) is 10.4 Å². The lowest BCUT2D eigenvalue weighted by atomic mass is 10.3. The summed E-state index contributed by atoms with van der Waals surface area (Å²) in [6.07, 6.45) is 0. The molecule has 0 spiro atoms. The number of aryl methyl sites for hydroxylation is 1. The van der Waals surface area contributed by atoms with Crippen LogP contribution in [0.4, 0.5) is 5.95 Å². The quantitative estimate of drug-likeness (QED) is 0.747. The smallest absolute Gasteiger partial charge is 0.292 e. The number of fused-ring (bicyclic) bond motifs is 1. The van der Waals surface area contributed by atoms with Crippen molar-refractivity contribution in [2.24, 2.45) is 7.05 Å². The fourth-order valence-electron chi connectivity index (χ4n) is 2.71. The summed E-state index contributed by atoms with van der Waals surface area (Å²) in [6, 6.07) is 2.02. The lowest BCUT2D eigenvalue weighted by molar-refractivity contribution is 0.572. The van der Waals surface area contributed by atoms with Gasteiger partial charge in [-0.15, -0.1) is 5.92 Å². The van der Waals surface area contributed by atoms with Gasteiger partial charge in [0.25, 0.3) is 5.56 Å². The monoisotopic (exact) mass is 311 g/mol. The molecule has 118 valence electrons. The van der Waals surface area contributed by atoms with Crippen LogP contribution in [-0.2, 0) is 13.6 Å². The van der Waals surface area contributed by atoms with E-state index in [0.29, 0.717) is 23.5 Å². The fraction of sp³-hybridized carbons (Fsp3) is 0.467. The summed E-state index contributed by atoms with van der Waals surface area (Å²) in [7, 11) is 1.54. The van der Waals surface area contributed by atoms with Crippen molar-refractivity contribution in [3.05, 3.63) is 16.0 Å². The van der Waals surface area contributed by atoms with Crippen LogP contribution in [0.5, 0.6) is 0 Å². The second-order valence-electron chi connectivity index (χ2n) is 5.25. The van der Waals surface area contributed by atoms with E-state index in [2.05, 4.69) is 32.1 Å². The molecule has 8 nitrogen and oxygen atoms in total. The Morgan fingerprint density at radius 1 is 1.35 bits per heavy atom. The summed E-state index contributed by atoms with van der Waals surface area (Å²) in [4.78, 5) is 19.2. The molecular weight excluding hydrogens is 294 g/mol. The molecule has 1 saturated heterocycles. The predicted octanol–water partition coefficient (Wildman–Crippen LogP) is -0.565. The summed E-state index contributed by atoms with van der Waals surface area (Å²) in [5.41, 5.74) is 0.616. The highest BCUT2D eigenvalue weighted by Crippen LogP contribution is 2.22. The summed E-state index contributed by atoms with van der Waals surface area (Å²) in [5.74, 6) is 6.50. The summed E-state index contributed by atoms with van der Waals surface area (Å²) in [6.45, 7) is 5.39. The Kier molecular flexibility index (Phi) is 4.00. The molecule has 0 unspecified atom stereocenters. The van der Waals surface area contributed by atoms with Crippen LogP contribution in [0.25, 0.3) is 11.0 Å². The summed E-state index contributed by atoms with van der Waals surface area (Å²) in [5, 5.41) is 16.6. The lowest BCUT2D eigenvalue weighted by Gasteiger charge is -2.28. The lowest BCUT2D eigenvalue weighted by Crippen LogP contribution is -2.44. The van der Waals surface area contributed by atoms with E-state index < -0.39 is 0 Å². The molecule has 8 heteroatoms. The van der Waals surface area contributed by atoms with Gasteiger partial charge in [-0.05, 0) is 6.92 Å². The Labute approximate surface area is 133 Å². The van der Waals surface area contributed by atoms with E-state index in [1.165, 1.54) is 11.7 Å².